The molecule has 0 atom stereocenters. The normalized spacial score (nSPS) is 9.43. The summed E-state index contributed by atoms with van der Waals surface area (Å²) < 4.78 is 0. The number of para-hydroxylation sites is 1. The summed E-state index contributed by atoms with van der Waals surface area (Å²) in [4.78, 5) is 21.2. The molecule has 0 aliphatic carbocycles. The number of pyridine rings is 5. The van der Waals surface area contributed by atoms with Gasteiger partial charge in [0, 0.05) is 69.8 Å². The molecule has 5 heteroatoms. The molecule has 12 aromatic rings. The molecule has 5 nitrogen and oxygen atoms in total. The molecule has 444 valence electrons. The minimum absolute atomic E-state index is 1.08. The summed E-state index contributed by atoms with van der Waals surface area (Å²) in [5, 5.41) is 11.3. The van der Waals surface area contributed by atoms with Crippen LogP contribution < -0.4 is 0 Å². The van der Waals surface area contributed by atoms with Gasteiger partial charge >= 0.3 is 0 Å². The molecular formula is C79H103N5. The van der Waals surface area contributed by atoms with Crippen LogP contribution in [-0.2, 0) is 0 Å². The van der Waals surface area contributed by atoms with Gasteiger partial charge in [-0.25, -0.2) is 0 Å². The molecule has 0 aliphatic rings. The van der Waals surface area contributed by atoms with Crippen molar-refractivity contribution in [1.29, 1.82) is 0 Å². The van der Waals surface area contributed by atoms with Crippen molar-refractivity contribution in [2.24, 2.45) is 0 Å². The van der Waals surface area contributed by atoms with E-state index in [1.807, 2.05) is 170 Å². The van der Waals surface area contributed by atoms with Crippen LogP contribution in [-0.4, -0.2) is 24.9 Å². The van der Waals surface area contributed by atoms with E-state index in [1.165, 1.54) is 110 Å². The zero-order chi connectivity index (χ0) is 63.3. The van der Waals surface area contributed by atoms with Gasteiger partial charge in [0.25, 0.3) is 0 Å². The fraction of sp³-hybridized carbons (Fsp3) is 0.304. The Labute approximate surface area is 509 Å². The Morgan fingerprint density at radius 1 is 0.214 bits per heavy atom. The first-order chi connectivity index (χ1) is 40.6. The second-order valence-corrected chi connectivity index (χ2v) is 19.0. The summed E-state index contributed by atoms with van der Waals surface area (Å²) in [6.07, 6.45) is 11.1. The third-order valence-electron chi connectivity index (χ3n) is 13.5. The topological polar surface area (TPSA) is 64.5 Å². The number of rotatable bonds is 0. The fourth-order valence-electron chi connectivity index (χ4n) is 8.19. The predicted molar refractivity (Wildman–Crippen MR) is 378 cm³/mol. The average molecular weight is 1120 g/mol. The van der Waals surface area contributed by atoms with Crippen molar-refractivity contribution in [3.8, 4) is 0 Å². The lowest BCUT2D eigenvalue weighted by Gasteiger charge is -2.02. The van der Waals surface area contributed by atoms with Gasteiger partial charge in [0.1, 0.15) is 0 Å². The van der Waals surface area contributed by atoms with Crippen LogP contribution in [0.1, 0.15) is 150 Å². The lowest BCUT2D eigenvalue weighted by molar-refractivity contribution is 1.20. The van der Waals surface area contributed by atoms with Crippen molar-refractivity contribution in [3.63, 3.8) is 0 Å². The summed E-state index contributed by atoms with van der Waals surface area (Å²) in [5.41, 5.74) is 19.0. The highest BCUT2D eigenvalue weighted by Crippen LogP contribution is 2.22. The van der Waals surface area contributed by atoms with Crippen LogP contribution in [0.25, 0.3) is 65.0 Å². The van der Waals surface area contributed by atoms with Crippen LogP contribution in [0.3, 0.4) is 0 Å². The van der Waals surface area contributed by atoms with Crippen molar-refractivity contribution in [1.82, 2.24) is 24.9 Å². The standard InChI is InChI=1S/C12H12.5C11H11N.6C2H6/c1-9-7-11-5-3-4-6-12(11)8-10(9)2;2*1-8-5-10-3-4-12-7-11(10)6-9(8)2;2*1-8-6-10-4-3-5-12-11(10)7-9(8)2;1-8-7-10-5-3-4-6-11(10)12-9(8)2;6*1-2/h3-8H,1-2H3;5*3-7H,1-2H3;6*1-2H3. The molecule has 5 aromatic heterocycles. The van der Waals surface area contributed by atoms with E-state index in [0.29, 0.717) is 0 Å². The summed E-state index contributed by atoms with van der Waals surface area (Å²) in [6, 6.07) is 52.9. The van der Waals surface area contributed by atoms with Crippen LogP contribution in [0.5, 0.6) is 0 Å². The van der Waals surface area contributed by atoms with Gasteiger partial charge in [-0.2, -0.15) is 0 Å². The zero-order valence-electron chi connectivity index (χ0n) is 56.1. The Morgan fingerprint density at radius 3 is 0.821 bits per heavy atom. The number of benzene rings is 7. The molecule has 0 amide bonds. The molecular weight excluding hydrogens is 1020 g/mol. The summed E-state index contributed by atoms with van der Waals surface area (Å²) >= 11 is 0. The highest BCUT2D eigenvalue weighted by atomic mass is 14.7. The SMILES string of the molecule is CC.CC.CC.CC.CC.CC.Cc1cc2ccccc2cc1C.Cc1cc2ccccc2nc1C.Cc1cc2cccnc2cc1C.Cc1cc2cccnc2cc1C.Cc1cc2ccncc2cc1C.Cc1cc2ccncc2cc1C. The molecule has 0 N–H and O–H groups in total. The molecule has 0 radical (unpaired) electrons. The van der Waals surface area contributed by atoms with Crippen molar-refractivity contribution in [3.05, 3.63) is 256 Å². The average Bonchev–Trinajstić information content (AvgIpc) is 3.62. The van der Waals surface area contributed by atoms with Gasteiger partial charge in [-0.1, -0.05) is 162 Å². The van der Waals surface area contributed by atoms with Gasteiger partial charge in [0.2, 0.25) is 0 Å². The number of aryl methyl sites for hydroxylation is 12. The van der Waals surface area contributed by atoms with Gasteiger partial charge in [0.05, 0.1) is 16.6 Å². The number of aromatic nitrogens is 5. The van der Waals surface area contributed by atoms with E-state index in [-0.39, 0.29) is 0 Å². The first-order valence-electron chi connectivity index (χ1n) is 30.7. The van der Waals surface area contributed by atoms with Gasteiger partial charge in [-0.3, -0.25) is 24.9 Å². The van der Waals surface area contributed by atoms with Crippen molar-refractivity contribution >= 4 is 65.0 Å². The molecule has 0 fully saturated rings. The summed E-state index contributed by atoms with van der Waals surface area (Å²) in [7, 11) is 0. The molecule has 0 saturated heterocycles. The van der Waals surface area contributed by atoms with Gasteiger partial charge < -0.3 is 0 Å². The van der Waals surface area contributed by atoms with Crippen molar-refractivity contribution in [2.45, 2.75) is 166 Å². The number of fused-ring (bicyclic) bond motifs is 6. The number of hydrogen-bond donors (Lipinski definition) is 0. The Balaban J connectivity index is 0.000000486. The van der Waals surface area contributed by atoms with Crippen LogP contribution in [0.15, 0.2) is 189 Å². The highest BCUT2D eigenvalue weighted by molar-refractivity contribution is 5.86. The first-order valence-corrected chi connectivity index (χ1v) is 30.7. The predicted octanol–water partition coefficient (Wildman–Crippen LogP) is 23.9. The number of nitrogens with zero attached hydrogens (tertiary/aromatic N) is 5. The fourth-order valence-corrected chi connectivity index (χ4v) is 8.19. The van der Waals surface area contributed by atoms with E-state index < -0.39 is 0 Å². The molecule has 12 rings (SSSR count). The first kappa shape index (κ1) is 73.9. The van der Waals surface area contributed by atoms with E-state index in [2.05, 4.69) is 210 Å². The minimum Gasteiger partial charge on any atom is -0.264 e. The molecule has 0 saturated carbocycles. The molecule has 0 bridgehead atoms. The van der Waals surface area contributed by atoms with E-state index in [9.17, 15) is 0 Å². The second-order valence-electron chi connectivity index (χ2n) is 19.0. The monoisotopic (exact) mass is 1120 g/mol. The Hall–Kier alpha value is -8.15. The third-order valence-corrected chi connectivity index (χ3v) is 13.5. The lowest BCUT2D eigenvalue weighted by atomic mass is 10.0. The second kappa shape index (κ2) is 40.9. The van der Waals surface area contributed by atoms with E-state index in [4.69, 9.17) is 0 Å². The maximum absolute atomic E-state index is 4.48. The van der Waals surface area contributed by atoms with Crippen LogP contribution in [0.2, 0.25) is 0 Å². The molecule has 0 unspecified atom stereocenters. The van der Waals surface area contributed by atoms with E-state index in [1.54, 1.807) is 0 Å². The third kappa shape index (κ3) is 23.2. The quantitative estimate of drug-likeness (QED) is 0.151. The van der Waals surface area contributed by atoms with Crippen LogP contribution in [0, 0.1) is 83.1 Å². The van der Waals surface area contributed by atoms with Crippen LogP contribution in [0.4, 0.5) is 0 Å². The largest absolute Gasteiger partial charge is 0.264 e. The smallest absolute Gasteiger partial charge is 0.0705 e. The van der Waals surface area contributed by atoms with Crippen LogP contribution >= 0.6 is 0 Å². The highest BCUT2D eigenvalue weighted by Gasteiger charge is 2.01. The van der Waals surface area contributed by atoms with Gasteiger partial charge in [0.15, 0.2) is 0 Å². The Kier molecular flexibility index (Phi) is 36.0. The van der Waals surface area contributed by atoms with Crippen molar-refractivity contribution < 1.29 is 0 Å². The lowest BCUT2D eigenvalue weighted by Crippen LogP contribution is -1.87. The summed E-state index contributed by atoms with van der Waals surface area (Å²) in [5.74, 6) is 0. The molecule has 84 heavy (non-hydrogen) atoms. The maximum atomic E-state index is 4.48. The van der Waals surface area contributed by atoms with Gasteiger partial charge in [-0.15, -0.1) is 0 Å². The number of hydrogen-bond acceptors (Lipinski definition) is 5. The molecule has 5 heterocycles. The molecule has 0 aliphatic heterocycles. The minimum atomic E-state index is 1.08. The summed E-state index contributed by atoms with van der Waals surface area (Å²) in [6.45, 7) is 49.4. The van der Waals surface area contributed by atoms with E-state index >= 15 is 0 Å². The molecule has 0 spiro atoms. The molecule has 7 aromatic carbocycles. The zero-order valence-corrected chi connectivity index (χ0v) is 56.1. The Morgan fingerprint density at radius 2 is 0.464 bits per heavy atom. The van der Waals surface area contributed by atoms with Gasteiger partial charge in [-0.05, 0) is 239 Å². The van der Waals surface area contributed by atoms with Crippen molar-refractivity contribution in [2.75, 3.05) is 0 Å². The maximum Gasteiger partial charge on any atom is 0.0705 e. The van der Waals surface area contributed by atoms with E-state index in [0.717, 1.165) is 22.2 Å². The Bertz CT molecular complexity index is 2910.